The Kier molecular flexibility index (Phi) is 4.22. The van der Waals surface area contributed by atoms with Gasteiger partial charge < -0.3 is 15.0 Å². The van der Waals surface area contributed by atoms with E-state index < -0.39 is 6.04 Å². The van der Waals surface area contributed by atoms with Gasteiger partial charge in [-0.3, -0.25) is 24.6 Å². The van der Waals surface area contributed by atoms with Crippen LogP contribution in [0.15, 0.2) is 18.2 Å². The van der Waals surface area contributed by atoms with Crippen LogP contribution in [-0.4, -0.2) is 72.0 Å². The molecule has 2 N–H and O–H groups in total. The number of amides is 3. The van der Waals surface area contributed by atoms with Crippen LogP contribution in [0.5, 0.6) is 0 Å². The molecule has 0 aliphatic carbocycles. The summed E-state index contributed by atoms with van der Waals surface area (Å²) in [4.78, 5) is 40.5. The smallest absolute Gasteiger partial charge is 0.255 e. The molecule has 8 nitrogen and oxygen atoms in total. The molecule has 1 spiro atoms. The molecule has 4 heterocycles. The number of hydrogen-bond donors (Lipinski definition) is 2. The van der Waals surface area contributed by atoms with Gasteiger partial charge in [0.1, 0.15) is 6.04 Å². The van der Waals surface area contributed by atoms with Crippen molar-refractivity contribution in [3.8, 4) is 0 Å². The molecule has 148 valence electrons. The summed E-state index contributed by atoms with van der Waals surface area (Å²) in [6.07, 6.45) is 0.662. The lowest BCUT2D eigenvalue weighted by molar-refractivity contribution is -0.151. The minimum atomic E-state index is -0.565. The molecular weight excluding hydrogens is 360 g/mol. The lowest BCUT2D eigenvalue weighted by Crippen LogP contribution is -2.70. The highest BCUT2D eigenvalue weighted by molar-refractivity contribution is 6.05. The van der Waals surface area contributed by atoms with Crippen LogP contribution >= 0.6 is 0 Å². The minimum absolute atomic E-state index is 0.0891. The van der Waals surface area contributed by atoms with Crippen molar-refractivity contribution in [2.45, 2.75) is 37.5 Å². The van der Waals surface area contributed by atoms with Crippen LogP contribution in [-0.2, 0) is 27.4 Å². The molecule has 5 rings (SSSR count). The minimum Gasteiger partial charge on any atom is -0.377 e. The van der Waals surface area contributed by atoms with E-state index in [1.165, 1.54) is 5.56 Å². The fraction of sp³-hybridized carbons (Fsp3) is 0.550. The first-order valence-corrected chi connectivity index (χ1v) is 9.86. The largest absolute Gasteiger partial charge is 0.377 e. The Bertz CT molecular complexity index is 851. The summed E-state index contributed by atoms with van der Waals surface area (Å²) in [6.45, 7) is 5.64. The van der Waals surface area contributed by atoms with Crippen molar-refractivity contribution in [2.75, 3.05) is 32.8 Å². The van der Waals surface area contributed by atoms with Gasteiger partial charge in [-0.15, -0.1) is 0 Å². The maximum absolute atomic E-state index is 12.8. The number of benzene rings is 1. The molecule has 1 unspecified atom stereocenters. The third kappa shape index (κ3) is 2.83. The van der Waals surface area contributed by atoms with Crippen LogP contribution < -0.4 is 10.6 Å². The molecule has 3 amide bonds. The summed E-state index contributed by atoms with van der Waals surface area (Å²) < 4.78 is 5.48. The highest BCUT2D eigenvalue weighted by atomic mass is 16.5. The summed E-state index contributed by atoms with van der Waals surface area (Å²) in [6, 6.07) is 5.42. The zero-order valence-electron chi connectivity index (χ0n) is 15.7. The molecule has 0 aromatic heterocycles. The van der Waals surface area contributed by atoms with Gasteiger partial charge in [-0.05, 0) is 23.6 Å². The Morgan fingerprint density at radius 3 is 2.82 bits per heavy atom. The Balaban J connectivity index is 1.33. The van der Waals surface area contributed by atoms with E-state index in [0.29, 0.717) is 18.5 Å². The fourth-order valence-corrected chi connectivity index (χ4v) is 4.70. The maximum Gasteiger partial charge on any atom is 0.255 e. The summed E-state index contributed by atoms with van der Waals surface area (Å²) >= 11 is 0. The topological polar surface area (TPSA) is 91.0 Å². The second-order valence-electron chi connectivity index (χ2n) is 8.21. The number of imide groups is 1. The third-order valence-electron chi connectivity index (χ3n) is 6.39. The van der Waals surface area contributed by atoms with Crippen LogP contribution in [0.4, 0.5) is 0 Å². The predicted molar refractivity (Wildman–Crippen MR) is 99.3 cm³/mol. The van der Waals surface area contributed by atoms with Crippen LogP contribution in [0.25, 0.3) is 0 Å². The molecule has 0 saturated carbocycles. The van der Waals surface area contributed by atoms with Crippen LogP contribution in [0.2, 0.25) is 0 Å². The van der Waals surface area contributed by atoms with Crippen molar-refractivity contribution in [1.29, 1.82) is 0 Å². The Morgan fingerprint density at radius 1 is 1.21 bits per heavy atom. The second-order valence-corrected chi connectivity index (χ2v) is 8.21. The van der Waals surface area contributed by atoms with Gasteiger partial charge in [0.2, 0.25) is 11.8 Å². The summed E-state index contributed by atoms with van der Waals surface area (Å²) in [5, 5.41) is 5.80. The first-order valence-electron chi connectivity index (χ1n) is 9.86. The van der Waals surface area contributed by atoms with Crippen molar-refractivity contribution in [3.63, 3.8) is 0 Å². The summed E-state index contributed by atoms with van der Waals surface area (Å²) in [5.74, 6) is -0.759. The first-order chi connectivity index (χ1) is 13.6. The number of fused-ring (bicyclic) bond motifs is 1. The normalized spacial score (nSPS) is 26.9. The van der Waals surface area contributed by atoms with Crippen molar-refractivity contribution < 1.29 is 19.1 Å². The van der Waals surface area contributed by atoms with Crippen molar-refractivity contribution in [2.24, 2.45) is 0 Å². The predicted octanol–water partition coefficient (Wildman–Crippen LogP) is -0.378. The SMILES string of the molecule is O=C1CCC(N2Cc3cc(CN4CCNCC45COC5)ccc3C2=O)C(=O)N1. The van der Waals surface area contributed by atoms with Gasteiger partial charge in [-0.25, -0.2) is 0 Å². The van der Waals surface area contributed by atoms with Gasteiger partial charge in [0.25, 0.3) is 5.91 Å². The number of ether oxygens (including phenoxy) is 1. The maximum atomic E-state index is 12.8. The second kappa shape index (κ2) is 6.65. The van der Waals surface area contributed by atoms with Gasteiger partial charge in [0, 0.05) is 44.7 Å². The number of nitrogens with zero attached hydrogens (tertiary/aromatic N) is 2. The quantitative estimate of drug-likeness (QED) is 0.691. The number of nitrogens with one attached hydrogen (secondary N) is 2. The highest BCUT2D eigenvalue weighted by Gasteiger charge is 2.45. The zero-order valence-corrected chi connectivity index (χ0v) is 15.7. The van der Waals surface area contributed by atoms with Crippen molar-refractivity contribution >= 4 is 17.7 Å². The van der Waals surface area contributed by atoms with E-state index in [4.69, 9.17) is 4.74 Å². The third-order valence-corrected chi connectivity index (χ3v) is 6.39. The van der Waals surface area contributed by atoms with Gasteiger partial charge in [0.15, 0.2) is 0 Å². The molecule has 3 saturated heterocycles. The number of piperazine rings is 1. The van der Waals surface area contributed by atoms with Gasteiger partial charge in [0.05, 0.1) is 18.8 Å². The molecular formula is C20H24N4O4. The van der Waals surface area contributed by atoms with Crippen LogP contribution in [0, 0.1) is 0 Å². The van der Waals surface area contributed by atoms with Crippen LogP contribution in [0.3, 0.4) is 0 Å². The zero-order chi connectivity index (χ0) is 19.3. The highest BCUT2D eigenvalue weighted by Crippen LogP contribution is 2.31. The molecule has 1 atom stereocenters. The van der Waals surface area contributed by atoms with E-state index in [-0.39, 0.29) is 29.7 Å². The summed E-state index contributed by atoms with van der Waals surface area (Å²) in [7, 11) is 0. The molecule has 0 radical (unpaired) electrons. The molecule has 4 aliphatic rings. The number of carbonyl (C=O) groups is 3. The lowest BCUT2D eigenvalue weighted by atomic mass is 9.91. The van der Waals surface area contributed by atoms with E-state index >= 15 is 0 Å². The molecule has 0 bridgehead atoms. The lowest BCUT2D eigenvalue weighted by Gasteiger charge is -2.52. The average molecular weight is 384 g/mol. The van der Waals surface area contributed by atoms with Crippen molar-refractivity contribution in [1.82, 2.24) is 20.4 Å². The van der Waals surface area contributed by atoms with Gasteiger partial charge in [-0.2, -0.15) is 0 Å². The molecule has 3 fully saturated rings. The molecule has 8 heteroatoms. The molecule has 4 aliphatic heterocycles. The number of hydrogen-bond acceptors (Lipinski definition) is 6. The summed E-state index contributed by atoms with van der Waals surface area (Å²) in [5.41, 5.74) is 2.88. The van der Waals surface area contributed by atoms with Gasteiger partial charge >= 0.3 is 0 Å². The van der Waals surface area contributed by atoms with Gasteiger partial charge in [-0.1, -0.05) is 12.1 Å². The Hall–Kier alpha value is -2.29. The monoisotopic (exact) mass is 384 g/mol. The van der Waals surface area contributed by atoms with E-state index in [0.717, 1.165) is 45.0 Å². The molecule has 1 aromatic carbocycles. The first kappa shape index (κ1) is 17.8. The molecule has 28 heavy (non-hydrogen) atoms. The van der Waals surface area contributed by atoms with E-state index in [1.807, 2.05) is 12.1 Å². The number of rotatable bonds is 3. The van der Waals surface area contributed by atoms with E-state index in [9.17, 15) is 14.4 Å². The van der Waals surface area contributed by atoms with E-state index in [1.54, 1.807) is 4.90 Å². The Morgan fingerprint density at radius 2 is 2.07 bits per heavy atom. The number of carbonyl (C=O) groups excluding carboxylic acids is 3. The standard InChI is InChI=1S/C20H24N4O4/c25-17-4-3-16(18(26)22-17)24-9-14-7-13(1-2-15(14)19(24)27)8-23-6-5-21-10-20(23)11-28-12-20/h1-2,7,16,21H,3-6,8-12H2,(H,22,25,26). The van der Waals surface area contributed by atoms with E-state index in [2.05, 4.69) is 21.6 Å². The fourth-order valence-electron chi connectivity index (χ4n) is 4.70. The number of piperidine rings is 1. The average Bonchev–Trinajstić information content (AvgIpc) is 2.97. The molecule has 1 aromatic rings. The van der Waals surface area contributed by atoms with Crippen LogP contribution in [0.1, 0.15) is 34.3 Å². The van der Waals surface area contributed by atoms with Crippen molar-refractivity contribution in [3.05, 3.63) is 34.9 Å². The Labute approximate surface area is 163 Å².